The minimum atomic E-state index is -3.62. The zero-order valence-electron chi connectivity index (χ0n) is 21.7. The molecule has 1 atom stereocenters. The number of hydrogen-bond acceptors (Lipinski definition) is 4. The predicted octanol–water partition coefficient (Wildman–Crippen LogP) is 4.28. The lowest BCUT2D eigenvalue weighted by Crippen LogP contribution is -2.52. The van der Waals surface area contributed by atoms with Crippen molar-refractivity contribution in [3.63, 3.8) is 0 Å². The first-order valence-corrected chi connectivity index (χ1v) is 14.9. The Labute approximate surface area is 220 Å². The van der Waals surface area contributed by atoms with Crippen LogP contribution in [0.3, 0.4) is 0 Å². The first-order chi connectivity index (χ1) is 17.7. The van der Waals surface area contributed by atoms with Crippen LogP contribution in [0, 0.1) is 5.82 Å². The first kappa shape index (κ1) is 28.6. The van der Waals surface area contributed by atoms with Crippen LogP contribution in [0.4, 0.5) is 10.1 Å². The van der Waals surface area contributed by atoms with Gasteiger partial charge in [-0.25, -0.2) is 12.8 Å². The first-order valence-electron chi connectivity index (χ1n) is 13.1. The SMILES string of the molecule is CCC(C(=O)NC1CCCC1)N(CCc1ccccc1)C(=O)CCCN(c1ccc(F)cc1)S(C)(=O)=O. The van der Waals surface area contributed by atoms with E-state index in [1.165, 1.54) is 28.6 Å². The van der Waals surface area contributed by atoms with E-state index in [4.69, 9.17) is 0 Å². The topological polar surface area (TPSA) is 86.8 Å². The van der Waals surface area contributed by atoms with E-state index in [1.807, 2.05) is 37.3 Å². The maximum Gasteiger partial charge on any atom is 0.243 e. The van der Waals surface area contributed by atoms with Crippen molar-refractivity contribution in [1.29, 1.82) is 0 Å². The van der Waals surface area contributed by atoms with E-state index in [9.17, 15) is 22.4 Å². The molecular weight excluding hydrogens is 493 g/mol. The van der Waals surface area contributed by atoms with Gasteiger partial charge in [-0.15, -0.1) is 0 Å². The number of carbonyl (C=O) groups excluding carboxylic acids is 2. The van der Waals surface area contributed by atoms with E-state index >= 15 is 0 Å². The van der Waals surface area contributed by atoms with Gasteiger partial charge in [0.1, 0.15) is 11.9 Å². The summed E-state index contributed by atoms with van der Waals surface area (Å²) in [5.41, 5.74) is 1.42. The van der Waals surface area contributed by atoms with Crippen LogP contribution in [0.15, 0.2) is 54.6 Å². The number of carbonyl (C=O) groups is 2. The van der Waals surface area contributed by atoms with Crippen LogP contribution in [0.5, 0.6) is 0 Å². The Kier molecular flexibility index (Phi) is 10.5. The summed E-state index contributed by atoms with van der Waals surface area (Å²) in [6.45, 7) is 2.38. The average molecular weight is 532 g/mol. The van der Waals surface area contributed by atoms with Gasteiger partial charge in [0.15, 0.2) is 0 Å². The quantitative estimate of drug-likeness (QED) is 0.418. The molecular formula is C28H38FN3O4S. The lowest BCUT2D eigenvalue weighted by atomic mass is 10.1. The second-order valence-corrected chi connectivity index (χ2v) is 11.6. The Bertz CT molecular complexity index is 1120. The van der Waals surface area contributed by atoms with Gasteiger partial charge in [0.05, 0.1) is 11.9 Å². The van der Waals surface area contributed by atoms with Gasteiger partial charge >= 0.3 is 0 Å². The van der Waals surface area contributed by atoms with Gasteiger partial charge in [0, 0.05) is 25.6 Å². The molecule has 1 N–H and O–H groups in total. The van der Waals surface area contributed by atoms with Crippen molar-refractivity contribution in [3.8, 4) is 0 Å². The van der Waals surface area contributed by atoms with Crippen LogP contribution in [-0.4, -0.2) is 56.6 Å². The number of amides is 2. The summed E-state index contributed by atoms with van der Waals surface area (Å²) < 4.78 is 39.3. The minimum Gasteiger partial charge on any atom is -0.352 e. The standard InChI is InChI=1S/C28H38FN3O4S/c1-3-26(28(34)30-24-12-7-8-13-24)31(21-19-22-10-5-4-6-11-22)27(33)14-9-20-32(37(2,35)36)25-17-15-23(29)16-18-25/h4-6,10-11,15-18,24,26H,3,7-9,12-14,19-21H2,1-2H3,(H,30,34). The van der Waals surface area contributed by atoms with Gasteiger partial charge in [-0.2, -0.15) is 0 Å². The number of nitrogens with zero attached hydrogens (tertiary/aromatic N) is 2. The number of rotatable bonds is 13. The molecule has 3 rings (SSSR count). The van der Waals surface area contributed by atoms with E-state index in [1.54, 1.807) is 4.90 Å². The van der Waals surface area contributed by atoms with Crippen molar-refractivity contribution in [2.24, 2.45) is 0 Å². The predicted molar refractivity (Wildman–Crippen MR) is 144 cm³/mol. The lowest BCUT2D eigenvalue weighted by Gasteiger charge is -2.32. The summed E-state index contributed by atoms with van der Waals surface area (Å²) in [5.74, 6) is -0.764. The van der Waals surface area contributed by atoms with E-state index in [0.717, 1.165) is 37.5 Å². The number of sulfonamides is 1. The monoisotopic (exact) mass is 531 g/mol. The Morgan fingerprint density at radius 1 is 1.03 bits per heavy atom. The third-order valence-electron chi connectivity index (χ3n) is 6.84. The smallest absolute Gasteiger partial charge is 0.243 e. The van der Waals surface area contributed by atoms with Crippen molar-refractivity contribution < 1.29 is 22.4 Å². The maximum absolute atomic E-state index is 13.4. The second kappa shape index (κ2) is 13.6. The van der Waals surface area contributed by atoms with Crippen LogP contribution in [0.1, 0.15) is 57.4 Å². The van der Waals surface area contributed by atoms with Crippen molar-refractivity contribution >= 4 is 27.5 Å². The molecule has 1 saturated carbocycles. The highest BCUT2D eigenvalue weighted by Gasteiger charge is 2.30. The van der Waals surface area contributed by atoms with Gasteiger partial charge in [0.25, 0.3) is 0 Å². The molecule has 0 spiro atoms. The summed E-state index contributed by atoms with van der Waals surface area (Å²) >= 11 is 0. The highest BCUT2D eigenvalue weighted by atomic mass is 32.2. The van der Waals surface area contributed by atoms with Crippen molar-refractivity contribution in [2.45, 2.75) is 70.4 Å². The third-order valence-corrected chi connectivity index (χ3v) is 8.03. The maximum atomic E-state index is 13.4. The second-order valence-electron chi connectivity index (χ2n) is 9.65. The molecule has 0 radical (unpaired) electrons. The lowest BCUT2D eigenvalue weighted by molar-refractivity contribution is -0.141. The minimum absolute atomic E-state index is 0.0772. The summed E-state index contributed by atoms with van der Waals surface area (Å²) in [5, 5.41) is 3.13. The summed E-state index contributed by atoms with van der Waals surface area (Å²) in [7, 11) is -3.62. The summed E-state index contributed by atoms with van der Waals surface area (Å²) in [4.78, 5) is 28.3. The van der Waals surface area contributed by atoms with Crippen LogP contribution in [0.2, 0.25) is 0 Å². The van der Waals surface area contributed by atoms with Gasteiger partial charge in [0.2, 0.25) is 21.8 Å². The molecule has 0 aromatic heterocycles. The molecule has 0 heterocycles. The highest BCUT2D eigenvalue weighted by molar-refractivity contribution is 7.92. The number of hydrogen-bond donors (Lipinski definition) is 1. The number of nitrogens with one attached hydrogen (secondary N) is 1. The van der Waals surface area contributed by atoms with Crippen LogP contribution < -0.4 is 9.62 Å². The molecule has 0 bridgehead atoms. The highest BCUT2D eigenvalue weighted by Crippen LogP contribution is 2.21. The van der Waals surface area contributed by atoms with Crippen LogP contribution >= 0.6 is 0 Å². The molecule has 1 unspecified atom stereocenters. The Balaban J connectivity index is 1.70. The largest absolute Gasteiger partial charge is 0.352 e. The number of halogens is 1. The van der Waals surface area contributed by atoms with E-state index < -0.39 is 21.9 Å². The number of anilines is 1. The van der Waals surface area contributed by atoms with Crippen LogP contribution in [-0.2, 0) is 26.0 Å². The summed E-state index contributed by atoms with van der Waals surface area (Å²) in [6, 6.07) is 14.6. The van der Waals surface area contributed by atoms with Gasteiger partial charge in [-0.3, -0.25) is 13.9 Å². The molecule has 7 nitrogen and oxygen atoms in total. The van der Waals surface area contributed by atoms with Crippen molar-refractivity contribution in [2.75, 3.05) is 23.7 Å². The van der Waals surface area contributed by atoms with Gasteiger partial charge < -0.3 is 10.2 Å². The Hall–Kier alpha value is -2.94. The summed E-state index contributed by atoms with van der Waals surface area (Å²) in [6.07, 6.45) is 6.68. The van der Waals surface area contributed by atoms with Gasteiger partial charge in [-0.1, -0.05) is 50.1 Å². The van der Waals surface area contributed by atoms with E-state index in [-0.39, 0.29) is 37.2 Å². The molecule has 37 heavy (non-hydrogen) atoms. The molecule has 9 heteroatoms. The molecule has 202 valence electrons. The Morgan fingerprint density at radius 3 is 2.27 bits per heavy atom. The van der Waals surface area contributed by atoms with Crippen LogP contribution in [0.25, 0.3) is 0 Å². The molecule has 2 aromatic carbocycles. The molecule has 1 fully saturated rings. The third kappa shape index (κ3) is 8.55. The average Bonchev–Trinajstić information content (AvgIpc) is 3.38. The fourth-order valence-electron chi connectivity index (χ4n) is 4.87. The molecule has 1 aliphatic rings. The fourth-order valence-corrected chi connectivity index (χ4v) is 5.84. The molecule has 2 aromatic rings. The Morgan fingerprint density at radius 2 is 1.68 bits per heavy atom. The zero-order valence-corrected chi connectivity index (χ0v) is 22.6. The molecule has 0 saturated heterocycles. The van der Waals surface area contributed by atoms with E-state index in [0.29, 0.717) is 25.1 Å². The molecule has 1 aliphatic carbocycles. The normalized spacial score (nSPS) is 14.8. The van der Waals surface area contributed by atoms with E-state index in [2.05, 4.69) is 5.32 Å². The van der Waals surface area contributed by atoms with Crippen molar-refractivity contribution in [1.82, 2.24) is 10.2 Å². The zero-order chi connectivity index (χ0) is 26.8. The molecule has 0 aliphatic heterocycles. The van der Waals surface area contributed by atoms with Crippen molar-refractivity contribution in [3.05, 3.63) is 66.0 Å². The van der Waals surface area contributed by atoms with Gasteiger partial charge in [-0.05, 0) is 61.9 Å². The fraction of sp³-hybridized carbons (Fsp3) is 0.500. The number of benzene rings is 2. The molecule has 2 amide bonds.